The Labute approximate surface area is 123 Å². The molecule has 0 aliphatic heterocycles. The highest BCUT2D eigenvalue weighted by atomic mass is 16.6. The summed E-state index contributed by atoms with van der Waals surface area (Å²) in [5, 5.41) is 0. The largest absolute Gasteiger partial charge is 0.462 e. The quantitative estimate of drug-likeness (QED) is 0.610. The van der Waals surface area contributed by atoms with Crippen LogP contribution < -0.4 is 0 Å². The maximum atomic E-state index is 11.8. The van der Waals surface area contributed by atoms with Gasteiger partial charge in [0.2, 0.25) is 0 Å². The molecule has 118 valence electrons. The van der Waals surface area contributed by atoms with Crippen molar-refractivity contribution in [1.29, 1.82) is 0 Å². The zero-order chi connectivity index (χ0) is 16.0. The second-order valence-corrected chi connectivity index (χ2v) is 6.78. The molecule has 0 rings (SSSR count). The molecule has 0 bridgehead atoms. The molecule has 0 saturated carbocycles. The molecule has 0 spiro atoms. The minimum atomic E-state index is -0.532. The van der Waals surface area contributed by atoms with Crippen LogP contribution in [0.15, 0.2) is 0 Å². The second-order valence-electron chi connectivity index (χ2n) is 6.78. The molecule has 0 heterocycles. The van der Waals surface area contributed by atoms with Crippen molar-refractivity contribution in [3.8, 4) is 0 Å². The van der Waals surface area contributed by atoms with Gasteiger partial charge in [-0.05, 0) is 20.3 Å². The van der Waals surface area contributed by atoms with E-state index in [2.05, 4.69) is 0 Å². The third-order valence-corrected chi connectivity index (χ3v) is 3.33. The van der Waals surface area contributed by atoms with E-state index in [-0.39, 0.29) is 29.7 Å². The van der Waals surface area contributed by atoms with Crippen LogP contribution in [-0.2, 0) is 19.1 Å². The molecular formula is C16H30O4. The molecule has 4 heteroatoms. The molecule has 0 amide bonds. The van der Waals surface area contributed by atoms with Gasteiger partial charge in [-0.2, -0.15) is 0 Å². The molecule has 20 heavy (non-hydrogen) atoms. The van der Waals surface area contributed by atoms with E-state index < -0.39 is 5.60 Å². The smallest absolute Gasteiger partial charge is 0.308 e. The number of ketones is 1. The van der Waals surface area contributed by atoms with Crippen molar-refractivity contribution >= 4 is 11.8 Å². The maximum Gasteiger partial charge on any atom is 0.308 e. The molecule has 0 saturated heterocycles. The van der Waals surface area contributed by atoms with Crippen LogP contribution in [-0.4, -0.2) is 30.6 Å². The van der Waals surface area contributed by atoms with Gasteiger partial charge in [-0.15, -0.1) is 0 Å². The lowest BCUT2D eigenvalue weighted by molar-refractivity contribution is -0.157. The summed E-state index contributed by atoms with van der Waals surface area (Å²) in [6, 6.07) is 0. The molecule has 4 nitrogen and oxygen atoms in total. The highest BCUT2D eigenvalue weighted by Crippen LogP contribution is 2.24. The summed E-state index contributed by atoms with van der Waals surface area (Å²) in [6.07, 6.45) is 1.21. The number of carbonyl (C=O) groups is 2. The Hall–Kier alpha value is -0.900. The number of carbonyl (C=O) groups excluding carboxylic acids is 2. The molecule has 0 N–H and O–H groups in total. The highest BCUT2D eigenvalue weighted by molar-refractivity contribution is 5.83. The predicted molar refractivity (Wildman–Crippen MR) is 79.5 cm³/mol. The van der Waals surface area contributed by atoms with Gasteiger partial charge in [-0.1, -0.05) is 34.6 Å². The number of ether oxygens (including phenoxy) is 2. The molecule has 0 aromatic rings. The fourth-order valence-corrected chi connectivity index (χ4v) is 1.65. The van der Waals surface area contributed by atoms with Crippen LogP contribution in [0.1, 0.15) is 61.3 Å². The van der Waals surface area contributed by atoms with Gasteiger partial charge in [0.1, 0.15) is 12.4 Å². The normalized spacial score (nSPS) is 12.6. The van der Waals surface area contributed by atoms with E-state index in [1.54, 1.807) is 13.8 Å². The van der Waals surface area contributed by atoms with E-state index >= 15 is 0 Å². The molecule has 0 atom stereocenters. The molecular weight excluding hydrogens is 256 g/mol. The number of hydrogen-bond donors (Lipinski definition) is 0. The Balaban J connectivity index is 4.17. The first-order valence-corrected chi connectivity index (χ1v) is 7.35. The van der Waals surface area contributed by atoms with Crippen molar-refractivity contribution in [3.63, 3.8) is 0 Å². The lowest BCUT2D eigenvalue weighted by atomic mass is 9.83. The first-order chi connectivity index (χ1) is 9.02. The Morgan fingerprint density at radius 2 is 1.65 bits per heavy atom. The van der Waals surface area contributed by atoms with Crippen LogP contribution in [0.5, 0.6) is 0 Å². The lowest BCUT2D eigenvalue weighted by Gasteiger charge is -2.28. The van der Waals surface area contributed by atoms with Crippen LogP contribution in [0, 0.1) is 11.3 Å². The second kappa shape index (κ2) is 7.77. The lowest BCUT2D eigenvalue weighted by Crippen LogP contribution is -2.35. The van der Waals surface area contributed by atoms with Crippen LogP contribution in [0.2, 0.25) is 0 Å². The van der Waals surface area contributed by atoms with E-state index in [1.807, 2.05) is 34.6 Å². The van der Waals surface area contributed by atoms with Crippen molar-refractivity contribution in [1.82, 2.24) is 0 Å². The first-order valence-electron chi connectivity index (χ1n) is 7.35. The van der Waals surface area contributed by atoms with E-state index in [0.29, 0.717) is 19.4 Å². The molecule has 0 aliphatic carbocycles. The third-order valence-electron chi connectivity index (χ3n) is 3.33. The molecule has 0 unspecified atom stereocenters. The van der Waals surface area contributed by atoms with Crippen LogP contribution >= 0.6 is 0 Å². The van der Waals surface area contributed by atoms with Gasteiger partial charge in [-0.25, -0.2) is 0 Å². The summed E-state index contributed by atoms with van der Waals surface area (Å²) in [4.78, 5) is 23.2. The molecule has 0 radical (unpaired) electrons. The minimum Gasteiger partial charge on any atom is -0.462 e. The Bertz CT molecular complexity index is 329. The van der Waals surface area contributed by atoms with Gasteiger partial charge < -0.3 is 9.47 Å². The van der Waals surface area contributed by atoms with Crippen LogP contribution in [0.3, 0.4) is 0 Å². The highest BCUT2D eigenvalue weighted by Gasteiger charge is 2.28. The summed E-state index contributed by atoms with van der Waals surface area (Å²) >= 11 is 0. The van der Waals surface area contributed by atoms with E-state index in [1.165, 1.54) is 0 Å². The van der Waals surface area contributed by atoms with Gasteiger partial charge in [-0.3, -0.25) is 9.59 Å². The van der Waals surface area contributed by atoms with Gasteiger partial charge in [0.25, 0.3) is 0 Å². The first kappa shape index (κ1) is 19.1. The third kappa shape index (κ3) is 7.04. The SMILES string of the molecule is CCC(=O)C(C)(C)CCOC(C)(C)COC(=O)C(C)C. The van der Waals surface area contributed by atoms with Crippen LogP contribution in [0.25, 0.3) is 0 Å². The van der Waals surface area contributed by atoms with Crippen LogP contribution in [0.4, 0.5) is 0 Å². The number of hydrogen-bond acceptors (Lipinski definition) is 4. The molecule has 0 aromatic carbocycles. The van der Waals surface area contributed by atoms with Crippen molar-refractivity contribution in [2.75, 3.05) is 13.2 Å². The van der Waals surface area contributed by atoms with Gasteiger partial charge in [0, 0.05) is 18.4 Å². The van der Waals surface area contributed by atoms with Gasteiger partial charge >= 0.3 is 5.97 Å². The molecule has 0 aliphatic rings. The van der Waals surface area contributed by atoms with Crippen molar-refractivity contribution in [2.24, 2.45) is 11.3 Å². The van der Waals surface area contributed by atoms with Crippen molar-refractivity contribution < 1.29 is 19.1 Å². The minimum absolute atomic E-state index is 0.132. The van der Waals surface area contributed by atoms with Crippen molar-refractivity contribution in [2.45, 2.75) is 66.9 Å². The topological polar surface area (TPSA) is 52.6 Å². The van der Waals surface area contributed by atoms with Crippen molar-refractivity contribution in [3.05, 3.63) is 0 Å². The summed E-state index contributed by atoms with van der Waals surface area (Å²) in [6.45, 7) is 13.8. The van der Waals surface area contributed by atoms with Gasteiger partial charge in [0.15, 0.2) is 0 Å². The maximum absolute atomic E-state index is 11.8. The fraction of sp³-hybridized carbons (Fsp3) is 0.875. The average Bonchev–Trinajstić information content (AvgIpc) is 2.34. The number of Topliss-reactive ketones (excluding diaryl/α,β-unsaturated/α-hetero) is 1. The summed E-state index contributed by atoms with van der Waals surface area (Å²) in [7, 11) is 0. The average molecular weight is 286 g/mol. The molecule has 0 fully saturated rings. The van der Waals surface area contributed by atoms with E-state index in [9.17, 15) is 9.59 Å². The summed E-state index contributed by atoms with van der Waals surface area (Å²) < 4.78 is 10.9. The van der Waals surface area contributed by atoms with E-state index in [0.717, 1.165) is 0 Å². The Morgan fingerprint density at radius 3 is 2.10 bits per heavy atom. The summed E-state index contributed by atoms with van der Waals surface area (Å²) in [5.74, 6) is -0.111. The van der Waals surface area contributed by atoms with Gasteiger partial charge in [0.05, 0.1) is 11.5 Å². The zero-order valence-electron chi connectivity index (χ0n) is 14.0. The Morgan fingerprint density at radius 1 is 1.10 bits per heavy atom. The predicted octanol–water partition coefficient (Wildman–Crippen LogP) is 3.38. The number of rotatable bonds is 9. The zero-order valence-corrected chi connectivity index (χ0v) is 14.0. The number of esters is 1. The van der Waals surface area contributed by atoms with E-state index in [4.69, 9.17) is 9.47 Å². The fourth-order valence-electron chi connectivity index (χ4n) is 1.65. The summed E-state index contributed by atoms with van der Waals surface area (Å²) in [5.41, 5.74) is -0.894. The Kier molecular flexibility index (Phi) is 7.42. The molecule has 0 aromatic heterocycles. The standard InChI is InChI=1S/C16H30O4/c1-8-13(17)15(4,5)9-10-20-16(6,7)11-19-14(18)12(2)3/h12H,8-11H2,1-7H3. The monoisotopic (exact) mass is 286 g/mol.